The van der Waals surface area contributed by atoms with Gasteiger partial charge in [0.2, 0.25) is 0 Å². The SMILES string of the molecule is O=C(CSc1nc2ccccc2[nH]1)N/N=C\c1c(O)ccc2ccccc12. The lowest BCUT2D eigenvalue weighted by molar-refractivity contribution is -0.118. The van der Waals surface area contributed by atoms with Crippen molar-refractivity contribution in [2.24, 2.45) is 5.10 Å². The molecule has 0 fully saturated rings. The van der Waals surface area contributed by atoms with Crippen molar-refractivity contribution in [1.82, 2.24) is 15.4 Å². The van der Waals surface area contributed by atoms with Gasteiger partial charge in [-0.05, 0) is 29.0 Å². The predicted octanol–water partition coefficient (Wildman–Crippen LogP) is 3.66. The number of hydrazone groups is 1. The number of fused-ring (bicyclic) bond motifs is 2. The second-order valence-corrected chi connectivity index (χ2v) is 6.82. The molecule has 0 aliphatic carbocycles. The van der Waals surface area contributed by atoms with Crippen molar-refractivity contribution in [3.05, 3.63) is 66.2 Å². The maximum atomic E-state index is 12.0. The first-order valence-corrected chi connectivity index (χ1v) is 9.29. The Kier molecular flexibility index (Phi) is 4.76. The van der Waals surface area contributed by atoms with Gasteiger partial charge in [-0.3, -0.25) is 4.79 Å². The van der Waals surface area contributed by atoms with E-state index in [0.717, 1.165) is 21.8 Å². The number of amides is 1. The number of nitrogens with zero attached hydrogens (tertiary/aromatic N) is 2. The van der Waals surface area contributed by atoms with Gasteiger partial charge in [0, 0.05) is 5.56 Å². The highest BCUT2D eigenvalue weighted by atomic mass is 32.2. The number of hydrogen-bond donors (Lipinski definition) is 3. The van der Waals surface area contributed by atoms with Crippen LogP contribution < -0.4 is 5.43 Å². The average Bonchev–Trinajstić information content (AvgIpc) is 3.11. The molecule has 0 atom stereocenters. The van der Waals surface area contributed by atoms with E-state index in [1.807, 2.05) is 54.6 Å². The first-order valence-electron chi connectivity index (χ1n) is 8.31. The zero-order chi connectivity index (χ0) is 18.6. The lowest BCUT2D eigenvalue weighted by atomic mass is 10.0. The number of hydrogen-bond acceptors (Lipinski definition) is 5. The van der Waals surface area contributed by atoms with Crippen LogP contribution in [-0.2, 0) is 4.79 Å². The highest BCUT2D eigenvalue weighted by molar-refractivity contribution is 7.99. The minimum absolute atomic E-state index is 0.114. The summed E-state index contributed by atoms with van der Waals surface area (Å²) in [6, 6.07) is 18.8. The number of thioether (sulfide) groups is 1. The number of imidazole rings is 1. The largest absolute Gasteiger partial charge is 0.507 e. The van der Waals surface area contributed by atoms with Crippen molar-refractivity contribution in [2.45, 2.75) is 5.16 Å². The summed E-state index contributed by atoms with van der Waals surface area (Å²) in [5.74, 6) is 0.0402. The van der Waals surface area contributed by atoms with E-state index >= 15 is 0 Å². The number of carbonyl (C=O) groups is 1. The van der Waals surface area contributed by atoms with Crippen LogP contribution in [0.4, 0.5) is 0 Å². The number of rotatable bonds is 5. The molecule has 27 heavy (non-hydrogen) atoms. The van der Waals surface area contributed by atoms with Gasteiger partial charge in [0.15, 0.2) is 5.16 Å². The topological polar surface area (TPSA) is 90.4 Å². The van der Waals surface area contributed by atoms with Gasteiger partial charge in [0.25, 0.3) is 5.91 Å². The van der Waals surface area contributed by atoms with E-state index in [4.69, 9.17) is 0 Å². The fraction of sp³-hybridized carbons (Fsp3) is 0.0500. The van der Waals surface area contributed by atoms with Crippen molar-refractivity contribution in [2.75, 3.05) is 5.75 Å². The van der Waals surface area contributed by atoms with E-state index in [1.54, 1.807) is 6.07 Å². The molecule has 0 bridgehead atoms. The van der Waals surface area contributed by atoms with E-state index in [-0.39, 0.29) is 17.4 Å². The minimum atomic E-state index is -0.253. The molecule has 0 aliphatic heterocycles. The van der Waals surface area contributed by atoms with Crippen LogP contribution in [0.15, 0.2) is 70.9 Å². The van der Waals surface area contributed by atoms with Crippen molar-refractivity contribution in [1.29, 1.82) is 0 Å². The molecule has 0 unspecified atom stereocenters. The summed E-state index contributed by atoms with van der Waals surface area (Å²) < 4.78 is 0. The summed E-state index contributed by atoms with van der Waals surface area (Å²) in [5.41, 5.74) is 4.85. The third-order valence-electron chi connectivity index (χ3n) is 4.04. The Hall–Kier alpha value is -3.32. The molecular formula is C20H16N4O2S. The molecular weight excluding hydrogens is 360 g/mol. The highest BCUT2D eigenvalue weighted by Crippen LogP contribution is 2.25. The van der Waals surface area contributed by atoms with Gasteiger partial charge in [0.05, 0.1) is 23.0 Å². The van der Waals surface area contributed by atoms with E-state index < -0.39 is 0 Å². The molecule has 0 spiro atoms. The van der Waals surface area contributed by atoms with Gasteiger partial charge >= 0.3 is 0 Å². The normalized spacial score (nSPS) is 11.4. The smallest absolute Gasteiger partial charge is 0.250 e. The number of carbonyl (C=O) groups excluding carboxylic acids is 1. The third kappa shape index (κ3) is 3.78. The Morgan fingerprint density at radius 1 is 1.15 bits per heavy atom. The van der Waals surface area contributed by atoms with Crippen LogP contribution in [0.1, 0.15) is 5.56 Å². The lowest BCUT2D eigenvalue weighted by Crippen LogP contribution is -2.19. The van der Waals surface area contributed by atoms with Crippen molar-refractivity contribution in [3.63, 3.8) is 0 Å². The first kappa shape index (κ1) is 17.1. The number of aromatic nitrogens is 2. The summed E-state index contributed by atoms with van der Waals surface area (Å²) in [4.78, 5) is 19.6. The Bertz CT molecular complexity index is 1120. The van der Waals surface area contributed by atoms with Crippen LogP contribution in [0.5, 0.6) is 5.75 Å². The van der Waals surface area contributed by atoms with Crippen LogP contribution >= 0.6 is 11.8 Å². The average molecular weight is 376 g/mol. The van der Waals surface area contributed by atoms with Crippen LogP contribution in [0.3, 0.4) is 0 Å². The zero-order valence-corrected chi connectivity index (χ0v) is 15.0. The molecule has 4 aromatic rings. The molecule has 4 rings (SSSR count). The number of phenols is 1. The van der Waals surface area contributed by atoms with E-state index in [1.165, 1.54) is 18.0 Å². The van der Waals surface area contributed by atoms with Crippen LogP contribution in [0.2, 0.25) is 0 Å². The number of aromatic hydroxyl groups is 1. The van der Waals surface area contributed by atoms with Crippen LogP contribution in [-0.4, -0.2) is 32.9 Å². The number of nitrogens with one attached hydrogen (secondary N) is 2. The van der Waals surface area contributed by atoms with Gasteiger partial charge < -0.3 is 10.1 Å². The van der Waals surface area contributed by atoms with Gasteiger partial charge in [-0.1, -0.05) is 54.2 Å². The van der Waals surface area contributed by atoms with Crippen molar-refractivity contribution < 1.29 is 9.90 Å². The highest BCUT2D eigenvalue weighted by Gasteiger charge is 2.07. The molecule has 0 radical (unpaired) electrons. The minimum Gasteiger partial charge on any atom is -0.507 e. The quantitative estimate of drug-likeness (QED) is 0.282. The van der Waals surface area contributed by atoms with Gasteiger partial charge in [-0.25, -0.2) is 10.4 Å². The molecule has 0 aliphatic rings. The van der Waals surface area contributed by atoms with Crippen molar-refractivity contribution >= 4 is 45.7 Å². The number of aromatic amines is 1. The van der Waals surface area contributed by atoms with E-state index in [9.17, 15) is 9.90 Å². The monoisotopic (exact) mass is 376 g/mol. The predicted molar refractivity (Wildman–Crippen MR) is 108 cm³/mol. The molecule has 0 saturated carbocycles. The second-order valence-electron chi connectivity index (χ2n) is 5.86. The van der Waals surface area contributed by atoms with Gasteiger partial charge in [-0.15, -0.1) is 0 Å². The first-order chi connectivity index (χ1) is 13.2. The number of H-pyrrole nitrogens is 1. The number of phenolic OH excluding ortho intramolecular Hbond substituents is 1. The van der Waals surface area contributed by atoms with Gasteiger partial charge in [0.1, 0.15) is 5.75 Å². The van der Waals surface area contributed by atoms with E-state index in [0.29, 0.717) is 10.7 Å². The summed E-state index contributed by atoms with van der Waals surface area (Å²) >= 11 is 1.30. The zero-order valence-electron chi connectivity index (χ0n) is 14.2. The number of para-hydroxylation sites is 2. The summed E-state index contributed by atoms with van der Waals surface area (Å²) in [6.45, 7) is 0. The Labute approximate surface area is 159 Å². The Morgan fingerprint density at radius 2 is 1.96 bits per heavy atom. The molecule has 3 N–H and O–H groups in total. The third-order valence-corrected chi connectivity index (χ3v) is 4.91. The molecule has 0 saturated heterocycles. The van der Waals surface area contributed by atoms with E-state index in [2.05, 4.69) is 20.5 Å². The molecule has 1 aromatic heterocycles. The molecule has 1 heterocycles. The summed E-state index contributed by atoms with van der Waals surface area (Å²) in [6.07, 6.45) is 1.46. The standard InChI is InChI=1S/C20H16N4O2S/c25-18-10-9-13-5-1-2-6-14(13)15(18)11-21-24-19(26)12-27-20-22-16-7-3-4-8-17(16)23-20/h1-11,25H,12H2,(H,22,23)(H,24,26)/b21-11-. The maximum Gasteiger partial charge on any atom is 0.250 e. The maximum absolute atomic E-state index is 12.0. The Morgan fingerprint density at radius 3 is 2.85 bits per heavy atom. The molecule has 134 valence electrons. The molecule has 3 aromatic carbocycles. The number of benzene rings is 3. The molecule has 6 nitrogen and oxygen atoms in total. The Balaban J connectivity index is 1.40. The lowest BCUT2D eigenvalue weighted by Gasteiger charge is -2.04. The van der Waals surface area contributed by atoms with Crippen LogP contribution in [0, 0.1) is 0 Å². The summed E-state index contributed by atoms with van der Waals surface area (Å²) in [5, 5.41) is 16.6. The van der Waals surface area contributed by atoms with Crippen molar-refractivity contribution in [3.8, 4) is 5.75 Å². The fourth-order valence-electron chi connectivity index (χ4n) is 2.75. The summed E-state index contributed by atoms with van der Waals surface area (Å²) in [7, 11) is 0. The molecule has 1 amide bonds. The van der Waals surface area contributed by atoms with Gasteiger partial charge in [-0.2, -0.15) is 5.10 Å². The van der Waals surface area contributed by atoms with Crippen LogP contribution in [0.25, 0.3) is 21.8 Å². The molecule has 7 heteroatoms. The fourth-order valence-corrected chi connectivity index (χ4v) is 3.43. The second kappa shape index (κ2) is 7.51.